The molecule has 0 aliphatic carbocycles. The molecule has 0 unspecified atom stereocenters. The predicted molar refractivity (Wildman–Crippen MR) is 78.9 cm³/mol. The largest absolute Gasteiger partial charge is 0.505 e. The summed E-state index contributed by atoms with van der Waals surface area (Å²) in [4.78, 5) is 5.89. The zero-order valence-electron chi connectivity index (χ0n) is 11.7. The fourth-order valence-corrected chi connectivity index (χ4v) is 2.59. The van der Waals surface area contributed by atoms with Crippen LogP contribution in [0.1, 0.15) is 1.37 Å². The van der Waals surface area contributed by atoms with Gasteiger partial charge >= 0.3 is 0 Å². The zero-order chi connectivity index (χ0) is 15.4. The monoisotopic (exact) mass is 283 g/mol. The van der Waals surface area contributed by atoms with Crippen molar-refractivity contribution >= 4 is 21.8 Å². The second-order valence-electron chi connectivity index (χ2n) is 4.86. The Morgan fingerprint density at radius 2 is 1.57 bits per heavy atom. The number of H-pyrrole nitrogens is 2. The third-order valence-corrected chi connectivity index (χ3v) is 3.60. The number of rotatable bonds is 1. The lowest BCUT2D eigenvalue weighted by Crippen LogP contribution is -1.78. The van der Waals surface area contributed by atoms with Gasteiger partial charge < -0.3 is 20.2 Å². The number of fused-ring (bicyclic) bond motifs is 2. The van der Waals surface area contributed by atoms with Gasteiger partial charge in [0.05, 0.1) is 6.89 Å². The number of nitrogens with one attached hydrogen (secondary N) is 2. The van der Waals surface area contributed by atoms with Crippen molar-refractivity contribution in [3.05, 3.63) is 48.3 Å². The Morgan fingerprint density at radius 3 is 2.33 bits per heavy atom. The van der Waals surface area contributed by atoms with Crippen LogP contribution in [0.2, 0.25) is 0 Å². The molecule has 0 atom stereocenters. The third-order valence-electron chi connectivity index (χ3n) is 3.60. The van der Waals surface area contributed by atoms with Crippen molar-refractivity contribution < 1.29 is 16.0 Å². The van der Waals surface area contributed by atoms with Gasteiger partial charge in [-0.25, -0.2) is 4.39 Å². The molecule has 0 spiro atoms. The molecule has 4 rings (SSSR count). The van der Waals surface area contributed by atoms with Crippen molar-refractivity contribution in [1.82, 2.24) is 9.97 Å². The smallest absolute Gasteiger partial charge is 0.150 e. The van der Waals surface area contributed by atoms with Gasteiger partial charge in [0.25, 0.3) is 0 Å². The molecular formula is C16H11FN2O2. The van der Waals surface area contributed by atoms with E-state index in [-0.39, 0.29) is 17.2 Å². The Kier molecular flexibility index (Phi) is 2.07. The first-order valence-corrected chi connectivity index (χ1v) is 6.36. The van der Waals surface area contributed by atoms with Gasteiger partial charge in [-0.3, -0.25) is 0 Å². The minimum Gasteiger partial charge on any atom is -0.505 e. The third kappa shape index (κ3) is 1.61. The van der Waals surface area contributed by atoms with Gasteiger partial charge in [0.2, 0.25) is 0 Å². The first-order valence-electron chi connectivity index (χ1n) is 6.86. The van der Waals surface area contributed by atoms with E-state index in [0.29, 0.717) is 33.5 Å². The fourth-order valence-electron chi connectivity index (χ4n) is 2.59. The van der Waals surface area contributed by atoms with Crippen LogP contribution in [0.5, 0.6) is 11.5 Å². The van der Waals surface area contributed by atoms with E-state index < -0.39 is 5.82 Å². The van der Waals surface area contributed by atoms with Crippen LogP contribution in [0.15, 0.2) is 42.4 Å². The topological polar surface area (TPSA) is 72.0 Å². The van der Waals surface area contributed by atoms with E-state index >= 15 is 0 Å². The van der Waals surface area contributed by atoms with Gasteiger partial charge in [-0.05, 0) is 30.3 Å². The molecule has 4 N–H and O–H groups in total. The van der Waals surface area contributed by atoms with E-state index in [0.717, 1.165) is 0 Å². The van der Waals surface area contributed by atoms with E-state index in [1.165, 1.54) is 18.2 Å². The average molecular weight is 283 g/mol. The van der Waals surface area contributed by atoms with Crippen LogP contribution in [-0.2, 0) is 0 Å². The maximum absolute atomic E-state index is 13.3. The molecule has 0 fully saturated rings. The number of aromatic amines is 2. The Labute approximate surface area is 119 Å². The quantitative estimate of drug-likeness (QED) is 0.428. The summed E-state index contributed by atoms with van der Waals surface area (Å²) in [6.45, 7) is 0. The van der Waals surface area contributed by atoms with Crippen LogP contribution in [0.3, 0.4) is 0 Å². The molecule has 0 radical (unpaired) electrons. The maximum atomic E-state index is 13.3. The van der Waals surface area contributed by atoms with Crippen LogP contribution in [0.25, 0.3) is 33.2 Å². The molecule has 4 aromatic rings. The Morgan fingerprint density at radius 1 is 0.905 bits per heavy atom. The van der Waals surface area contributed by atoms with Crippen molar-refractivity contribution in [2.75, 3.05) is 0 Å². The van der Waals surface area contributed by atoms with Gasteiger partial charge in [-0.2, -0.15) is 0 Å². The molecule has 0 saturated heterocycles. The highest BCUT2D eigenvalue weighted by Gasteiger charge is 2.19. The number of benzene rings is 2. The molecule has 0 aliphatic heterocycles. The summed E-state index contributed by atoms with van der Waals surface area (Å²) in [5.74, 6) is -0.514. The number of aromatic hydroxyl groups is 2. The number of hydrogen-bond acceptors (Lipinski definition) is 2. The average Bonchev–Trinajstić information content (AvgIpc) is 2.96. The molecule has 0 aliphatic rings. The van der Waals surface area contributed by atoms with Crippen LogP contribution < -0.4 is 0 Å². The number of hydrogen-bond donors (Lipinski definition) is 4. The minimum atomic E-state index is -0.417. The molecule has 0 amide bonds. The molecule has 0 bridgehead atoms. The predicted octanol–water partition coefficient (Wildman–Crippen LogP) is 3.87. The van der Waals surface area contributed by atoms with E-state index in [2.05, 4.69) is 9.97 Å². The molecule has 4 nitrogen and oxygen atoms in total. The molecule has 0 saturated carbocycles. The second kappa shape index (κ2) is 4.02. The number of halogens is 1. The molecule has 5 heteroatoms. The molecule has 104 valence electrons. The summed E-state index contributed by atoms with van der Waals surface area (Å²) >= 11 is 0. The van der Waals surface area contributed by atoms with Gasteiger partial charge in [0.1, 0.15) is 17.2 Å². The second-order valence-corrected chi connectivity index (χ2v) is 4.86. The number of aromatic nitrogens is 2. The molecule has 21 heavy (non-hydrogen) atoms. The Balaban J connectivity index is 2.02. The van der Waals surface area contributed by atoms with Crippen molar-refractivity contribution in [3.8, 4) is 22.9 Å². The minimum absolute atomic E-state index is 0.0303. The molecule has 2 aromatic heterocycles. The van der Waals surface area contributed by atoms with Gasteiger partial charge in [0, 0.05) is 16.3 Å². The van der Waals surface area contributed by atoms with E-state index in [1.807, 2.05) is 0 Å². The highest BCUT2D eigenvalue weighted by atomic mass is 19.1. The first kappa shape index (κ1) is 10.8. The van der Waals surface area contributed by atoms with Crippen LogP contribution >= 0.6 is 0 Å². The summed E-state index contributed by atoms with van der Waals surface area (Å²) in [7, 11) is 0. The lowest BCUT2D eigenvalue weighted by molar-refractivity contribution is 0.475. The van der Waals surface area contributed by atoms with Crippen molar-refractivity contribution in [2.45, 2.75) is 0 Å². The van der Waals surface area contributed by atoms with Crippen molar-refractivity contribution in [3.63, 3.8) is 0 Å². The normalized spacial score (nSPS) is 12.1. The van der Waals surface area contributed by atoms with Gasteiger partial charge in [-0.1, -0.05) is 12.1 Å². The van der Waals surface area contributed by atoms with E-state index in [9.17, 15) is 14.6 Å². The Hall–Kier alpha value is -2.95. The molecule has 2 heterocycles. The SMILES string of the molecule is [2H]c1ccc2c(O)c(-c3[nH]c4cc(F)ccc4c3O)[nH]c2c1. The van der Waals surface area contributed by atoms with E-state index in [1.54, 1.807) is 18.2 Å². The fraction of sp³-hybridized carbons (Fsp3) is 0. The lowest BCUT2D eigenvalue weighted by atomic mass is 10.2. The maximum Gasteiger partial charge on any atom is 0.150 e. The molecule has 2 aromatic carbocycles. The Bertz CT molecular complexity index is 952. The summed E-state index contributed by atoms with van der Waals surface area (Å²) in [5, 5.41) is 21.7. The van der Waals surface area contributed by atoms with Crippen LogP contribution in [0, 0.1) is 5.82 Å². The standard InChI is InChI=1S/C16H11FN2O2/c17-8-5-6-10-12(7-8)19-14(16(10)21)13-15(20)9-3-1-2-4-11(9)18-13/h1-7,18-21H/i2D. The highest BCUT2D eigenvalue weighted by molar-refractivity contribution is 5.99. The number of para-hydroxylation sites is 1. The van der Waals surface area contributed by atoms with Crippen molar-refractivity contribution in [1.29, 1.82) is 0 Å². The summed E-state index contributed by atoms with van der Waals surface area (Å²) in [6, 6.07) is 9.10. The van der Waals surface area contributed by atoms with Gasteiger partial charge in [-0.15, -0.1) is 0 Å². The first-order chi connectivity index (χ1) is 10.5. The van der Waals surface area contributed by atoms with E-state index in [4.69, 9.17) is 1.37 Å². The summed E-state index contributed by atoms with van der Waals surface area (Å²) in [6.07, 6.45) is 0. The summed E-state index contributed by atoms with van der Waals surface area (Å²) < 4.78 is 20.9. The van der Waals surface area contributed by atoms with Gasteiger partial charge in [0.15, 0.2) is 11.5 Å². The lowest BCUT2D eigenvalue weighted by Gasteiger charge is -1.97. The van der Waals surface area contributed by atoms with Crippen LogP contribution in [0.4, 0.5) is 4.39 Å². The highest BCUT2D eigenvalue weighted by Crippen LogP contribution is 2.42. The van der Waals surface area contributed by atoms with Crippen molar-refractivity contribution in [2.24, 2.45) is 0 Å². The molecular weight excluding hydrogens is 271 g/mol. The van der Waals surface area contributed by atoms with Crippen LogP contribution in [-0.4, -0.2) is 20.2 Å². The zero-order valence-corrected chi connectivity index (χ0v) is 10.7. The summed E-state index contributed by atoms with van der Waals surface area (Å²) in [5.41, 5.74) is 1.60.